The zero-order valence-corrected chi connectivity index (χ0v) is 16.3. The Morgan fingerprint density at radius 3 is 2.30 bits per heavy atom. The van der Waals surface area contributed by atoms with E-state index in [1.165, 1.54) is 25.3 Å². The Hall–Kier alpha value is -1.68. The van der Waals surface area contributed by atoms with Crippen molar-refractivity contribution in [2.75, 3.05) is 14.2 Å². The van der Waals surface area contributed by atoms with Gasteiger partial charge >= 0.3 is 6.18 Å². The largest absolute Gasteiger partial charge is 0.497 e. The smallest absolute Gasteiger partial charge is 0.416 e. The van der Waals surface area contributed by atoms with Gasteiger partial charge in [0.05, 0.1) is 33.4 Å². The fourth-order valence-electron chi connectivity index (χ4n) is 2.07. The molecule has 1 unspecified atom stereocenters. The Labute approximate surface area is 165 Å². The average molecular weight is 444 g/mol. The number of rotatable bonds is 5. The van der Waals surface area contributed by atoms with E-state index in [1.807, 2.05) is 0 Å². The zero-order chi connectivity index (χ0) is 20.8. The SMILES string of the molecule is CO.COc1cc(N=O)cc(S(=O)c2c(Cl)cc(C(F)(F)F)cc2CCl)c1. The lowest BCUT2D eigenvalue weighted by molar-refractivity contribution is -0.137. The van der Waals surface area contributed by atoms with Crippen LogP contribution >= 0.6 is 23.2 Å². The molecule has 0 aliphatic carbocycles. The molecule has 0 saturated heterocycles. The molecular weight excluding hydrogens is 430 g/mol. The Morgan fingerprint density at radius 1 is 1.19 bits per heavy atom. The van der Waals surface area contributed by atoms with Crippen molar-refractivity contribution in [2.45, 2.75) is 21.8 Å². The number of benzene rings is 2. The van der Waals surface area contributed by atoms with Crippen molar-refractivity contribution in [1.82, 2.24) is 0 Å². The maximum Gasteiger partial charge on any atom is 0.416 e. The minimum Gasteiger partial charge on any atom is -0.497 e. The average Bonchev–Trinajstić information content (AvgIpc) is 2.67. The van der Waals surface area contributed by atoms with Crippen LogP contribution in [0, 0.1) is 4.91 Å². The summed E-state index contributed by atoms with van der Waals surface area (Å²) in [4.78, 5) is 10.8. The molecule has 0 amide bonds. The normalized spacial score (nSPS) is 12.0. The number of hydrogen-bond acceptors (Lipinski definition) is 5. The number of nitrogens with zero attached hydrogens (tertiary/aromatic N) is 1. The molecule has 1 atom stereocenters. The van der Waals surface area contributed by atoms with Gasteiger partial charge in [-0.3, -0.25) is 0 Å². The summed E-state index contributed by atoms with van der Waals surface area (Å²) in [5, 5.41) is 9.41. The highest BCUT2D eigenvalue weighted by molar-refractivity contribution is 7.85. The molecule has 11 heteroatoms. The highest BCUT2D eigenvalue weighted by Gasteiger charge is 2.33. The van der Waals surface area contributed by atoms with Gasteiger partial charge in [0.2, 0.25) is 0 Å². The van der Waals surface area contributed by atoms with Gasteiger partial charge in [-0.15, -0.1) is 16.5 Å². The number of nitroso groups, excluding NO2 is 1. The van der Waals surface area contributed by atoms with Gasteiger partial charge in [0.1, 0.15) is 11.4 Å². The summed E-state index contributed by atoms with van der Waals surface area (Å²) in [5.41, 5.74) is -1.06. The van der Waals surface area contributed by atoms with Crippen molar-refractivity contribution in [3.63, 3.8) is 0 Å². The van der Waals surface area contributed by atoms with Crippen LogP contribution < -0.4 is 4.74 Å². The van der Waals surface area contributed by atoms with Crippen LogP contribution in [0.25, 0.3) is 0 Å². The molecule has 0 spiro atoms. The van der Waals surface area contributed by atoms with E-state index in [9.17, 15) is 22.3 Å². The van der Waals surface area contributed by atoms with Crippen molar-refractivity contribution in [2.24, 2.45) is 5.18 Å². The molecule has 5 nitrogen and oxygen atoms in total. The van der Waals surface area contributed by atoms with Crippen molar-refractivity contribution in [1.29, 1.82) is 0 Å². The summed E-state index contributed by atoms with van der Waals surface area (Å²) in [6, 6.07) is 5.41. The van der Waals surface area contributed by atoms with Crippen molar-refractivity contribution >= 4 is 39.7 Å². The summed E-state index contributed by atoms with van der Waals surface area (Å²) in [7, 11) is 0.348. The van der Waals surface area contributed by atoms with Crippen LogP contribution in [-0.2, 0) is 22.9 Å². The second-order valence-electron chi connectivity index (χ2n) is 4.80. The number of ether oxygens (including phenoxy) is 1. The van der Waals surface area contributed by atoms with Crippen LogP contribution in [0.5, 0.6) is 5.75 Å². The molecule has 2 aromatic rings. The third-order valence-corrected chi connectivity index (χ3v) is 5.41. The Bertz CT molecular complexity index is 847. The molecule has 0 heterocycles. The molecule has 0 fully saturated rings. The molecule has 2 aromatic carbocycles. The highest BCUT2D eigenvalue weighted by atomic mass is 35.5. The fraction of sp³-hybridized carbons (Fsp3) is 0.250. The lowest BCUT2D eigenvalue weighted by Gasteiger charge is -2.14. The van der Waals surface area contributed by atoms with E-state index in [0.29, 0.717) is 6.07 Å². The summed E-state index contributed by atoms with van der Waals surface area (Å²) in [6.45, 7) is 0. The minimum absolute atomic E-state index is 0.0248. The molecule has 148 valence electrons. The number of aliphatic hydroxyl groups is 1. The van der Waals surface area contributed by atoms with Crippen LogP contribution in [0.4, 0.5) is 18.9 Å². The van der Waals surface area contributed by atoms with Gasteiger partial charge in [0, 0.05) is 24.0 Å². The van der Waals surface area contributed by atoms with E-state index < -0.39 is 22.5 Å². The van der Waals surface area contributed by atoms with E-state index in [-0.39, 0.29) is 37.7 Å². The van der Waals surface area contributed by atoms with Crippen LogP contribution in [0.3, 0.4) is 0 Å². The monoisotopic (exact) mass is 443 g/mol. The van der Waals surface area contributed by atoms with Crippen LogP contribution in [0.2, 0.25) is 5.02 Å². The summed E-state index contributed by atoms with van der Waals surface area (Å²) in [5.74, 6) is -0.107. The molecule has 2 rings (SSSR count). The zero-order valence-electron chi connectivity index (χ0n) is 14.0. The number of hydrogen-bond donors (Lipinski definition) is 1. The number of aliphatic hydroxyl groups excluding tert-OH is 1. The second kappa shape index (κ2) is 10.0. The van der Waals surface area contributed by atoms with Crippen molar-refractivity contribution in [3.05, 3.63) is 51.4 Å². The number of methoxy groups -OCH3 is 1. The maximum atomic E-state index is 12.9. The lowest BCUT2D eigenvalue weighted by atomic mass is 10.1. The van der Waals surface area contributed by atoms with Crippen molar-refractivity contribution < 1.29 is 27.2 Å². The van der Waals surface area contributed by atoms with E-state index in [2.05, 4.69) is 5.18 Å². The first-order valence-electron chi connectivity index (χ1n) is 7.05. The molecule has 0 aliphatic heterocycles. The van der Waals surface area contributed by atoms with E-state index in [4.69, 9.17) is 33.0 Å². The van der Waals surface area contributed by atoms with Gasteiger partial charge in [0.25, 0.3) is 0 Å². The second-order valence-corrected chi connectivity index (χ2v) is 6.90. The van der Waals surface area contributed by atoms with Crippen molar-refractivity contribution in [3.8, 4) is 5.75 Å². The van der Waals surface area contributed by atoms with Gasteiger partial charge in [0.15, 0.2) is 0 Å². The molecule has 0 bridgehead atoms. The fourth-order valence-corrected chi connectivity index (χ4v) is 4.10. The van der Waals surface area contributed by atoms with Gasteiger partial charge in [-0.05, 0) is 35.0 Å². The van der Waals surface area contributed by atoms with Gasteiger partial charge in [-0.25, -0.2) is 4.21 Å². The predicted molar refractivity (Wildman–Crippen MR) is 97.3 cm³/mol. The maximum absolute atomic E-state index is 12.9. The Balaban J connectivity index is 0.00000176. The Kier molecular flexibility index (Phi) is 8.67. The summed E-state index contributed by atoms with van der Waals surface area (Å²) < 4.78 is 56.5. The molecular formula is C16H14Cl2F3NO4S. The third-order valence-electron chi connectivity index (χ3n) is 3.20. The van der Waals surface area contributed by atoms with Gasteiger partial charge in [-0.2, -0.15) is 13.2 Å². The first kappa shape index (κ1) is 23.4. The number of halogens is 5. The van der Waals surface area contributed by atoms with E-state index in [1.54, 1.807) is 0 Å². The first-order valence-corrected chi connectivity index (χ1v) is 9.12. The highest BCUT2D eigenvalue weighted by Crippen LogP contribution is 2.38. The quantitative estimate of drug-likeness (QED) is 0.503. The van der Waals surface area contributed by atoms with Crippen LogP contribution in [0.15, 0.2) is 45.3 Å². The van der Waals surface area contributed by atoms with Gasteiger partial charge in [-0.1, -0.05) is 11.6 Å². The standard InChI is InChI=1S/C15H10Cl2F3NO3S.CH4O/c1-24-11-4-10(21-22)5-12(6-11)25(23)14-8(7-16)2-9(3-13(14)17)15(18,19)20;1-2/h2-6H,7H2,1H3;2H,1H3. The van der Waals surface area contributed by atoms with Crippen LogP contribution in [-0.4, -0.2) is 23.5 Å². The Morgan fingerprint density at radius 2 is 1.81 bits per heavy atom. The molecule has 1 N–H and O–H groups in total. The predicted octanol–water partition coefficient (Wildman–Crippen LogP) is 5.28. The summed E-state index contributed by atoms with van der Waals surface area (Å²) in [6.07, 6.45) is -4.62. The van der Waals surface area contributed by atoms with Crippen LogP contribution in [0.1, 0.15) is 11.1 Å². The molecule has 27 heavy (non-hydrogen) atoms. The van der Waals surface area contributed by atoms with E-state index in [0.717, 1.165) is 13.2 Å². The topological polar surface area (TPSA) is 76.0 Å². The molecule has 0 radical (unpaired) electrons. The number of alkyl halides is 4. The molecule has 0 saturated carbocycles. The third kappa shape index (κ3) is 5.65. The summed E-state index contributed by atoms with van der Waals surface area (Å²) >= 11 is 11.7. The van der Waals surface area contributed by atoms with E-state index >= 15 is 0 Å². The van der Waals surface area contributed by atoms with Gasteiger partial charge < -0.3 is 9.84 Å². The molecule has 0 aliphatic rings. The lowest BCUT2D eigenvalue weighted by Crippen LogP contribution is -2.08. The minimum atomic E-state index is -4.62. The molecule has 0 aromatic heterocycles. The first-order chi connectivity index (χ1) is 12.7.